The van der Waals surface area contributed by atoms with Crippen LogP contribution in [-0.4, -0.2) is 34.9 Å². The Morgan fingerprint density at radius 3 is 2.57 bits per heavy atom. The molecule has 7 heteroatoms. The fraction of sp³-hybridized carbons (Fsp3) is 0.476. The number of thiophene rings is 1. The summed E-state index contributed by atoms with van der Waals surface area (Å²) in [5.41, 5.74) is 2.58. The van der Waals surface area contributed by atoms with Crippen molar-refractivity contribution in [1.29, 1.82) is 0 Å². The summed E-state index contributed by atoms with van der Waals surface area (Å²) < 4.78 is 7.46. The molecule has 0 radical (unpaired) electrons. The minimum absolute atomic E-state index is 0.161. The molecule has 1 atom stereocenters. The second-order valence-electron chi connectivity index (χ2n) is 7.59. The van der Waals surface area contributed by atoms with Crippen molar-refractivity contribution in [3.05, 3.63) is 45.4 Å². The van der Waals surface area contributed by atoms with Crippen LogP contribution in [0.25, 0.3) is 0 Å². The van der Waals surface area contributed by atoms with Crippen LogP contribution in [0, 0.1) is 19.8 Å². The van der Waals surface area contributed by atoms with Crippen molar-refractivity contribution in [3.8, 4) is 0 Å². The Labute approximate surface area is 168 Å². The van der Waals surface area contributed by atoms with Gasteiger partial charge in [0.1, 0.15) is 6.04 Å². The topological polar surface area (TPSA) is 77.4 Å². The summed E-state index contributed by atoms with van der Waals surface area (Å²) >= 11 is 1.30. The first-order valence-electron chi connectivity index (χ1n) is 9.52. The minimum atomic E-state index is -0.804. The zero-order valence-corrected chi connectivity index (χ0v) is 17.5. The summed E-state index contributed by atoms with van der Waals surface area (Å²) in [4.78, 5) is 37.9. The molecule has 0 aliphatic heterocycles. The first-order valence-corrected chi connectivity index (χ1v) is 10.4. The first-order chi connectivity index (χ1) is 13.3. The number of hydrogen-bond acceptors (Lipinski definition) is 5. The lowest BCUT2D eigenvalue weighted by Gasteiger charge is -2.20. The Hall–Kier alpha value is -2.41. The third kappa shape index (κ3) is 4.35. The molecule has 1 aliphatic rings. The van der Waals surface area contributed by atoms with Crippen molar-refractivity contribution in [2.24, 2.45) is 5.92 Å². The van der Waals surface area contributed by atoms with Crippen LogP contribution in [0.3, 0.4) is 0 Å². The number of esters is 1. The molecule has 0 aromatic carbocycles. The number of ether oxygens (including phenoxy) is 1. The standard InChI is InChI=1S/C21H26N2O4S/c1-12(2)19(22-20(25)18-6-5-9-28-18)21(26)27-11-17(24)16-10-13(3)23(14(16)4)15-7-8-15/h5-6,9-10,12,15,19H,7-8,11H2,1-4H3,(H,22,25)/t19-/m1/s1. The predicted octanol–water partition coefficient (Wildman–Crippen LogP) is 3.68. The van der Waals surface area contributed by atoms with Crippen LogP contribution in [0.2, 0.25) is 0 Å². The van der Waals surface area contributed by atoms with E-state index in [2.05, 4.69) is 9.88 Å². The van der Waals surface area contributed by atoms with Crippen molar-refractivity contribution in [2.45, 2.75) is 52.6 Å². The number of Topliss-reactive ketones (excluding diaryl/α,β-unsaturated/α-hetero) is 1. The fourth-order valence-electron chi connectivity index (χ4n) is 3.38. The van der Waals surface area contributed by atoms with Crippen molar-refractivity contribution in [3.63, 3.8) is 0 Å². The highest BCUT2D eigenvalue weighted by atomic mass is 32.1. The van der Waals surface area contributed by atoms with Crippen LogP contribution >= 0.6 is 11.3 Å². The van der Waals surface area contributed by atoms with Gasteiger partial charge in [-0.3, -0.25) is 9.59 Å². The quantitative estimate of drug-likeness (QED) is 0.540. The van der Waals surface area contributed by atoms with Gasteiger partial charge < -0.3 is 14.6 Å². The molecule has 2 aromatic rings. The Morgan fingerprint density at radius 1 is 1.29 bits per heavy atom. The third-order valence-electron chi connectivity index (χ3n) is 4.99. The lowest BCUT2D eigenvalue weighted by molar-refractivity contribution is -0.145. The van der Waals surface area contributed by atoms with E-state index in [1.807, 2.05) is 33.8 Å². The molecule has 0 spiro atoms. The second kappa shape index (κ2) is 8.31. The molecule has 1 fully saturated rings. The molecular weight excluding hydrogens is 376 g/mol. The summed E-state index contributed by atoms with van der Waals surface area (Å²) in [6.07, 6.45) is 2.28. The van der Waals surface area contributed by atoms with Crippen LogP contribution < -0.4 is 5.32 Å². The molecule has 0 bridgehead atoms. The maximum absolute atomic E-state index is 12.6. The van der Waals surface area contributed by atoms with E-state index in [4.69, 9.17) is 4.74 Å². The van der Waals surface area contributed by atoms with E-state index in [-0.39, 0.29) is 24.2 Å². The van der Waals surface area contributed by atoms with Gasteiger partial charge in [0.2, 0.25) is 5.78 Å². The van der Waals surface area contributed by atoms with Crippen LogP contribution in [0.4, 0.5) is 0 Å². The molecule has 2 heterocycles. The van der Waals surface area contributed by atoms with E-state index in [1.165, 1.54) is 11.3 Å². The number of carbonyl (C=O) groups excluding carboxylic acids is 3. The van der Waals surface area contributed by atoms with Crippen molar-refractivity contribution < 1.29 is 19.1 Å². The number of aryl methyl sites for hydroxylation is 1. The predicted molar refractivity (Wildman–Crippen MR) is 108 cm³/mol. The van der Waals surface area contributed by atoms with Gasteiger partial charge in [-0.25, -0.2) is 4.79 Å². The van der Waals surface area contributed by atoms with Gasteiger partial charge in [-0.2, -0.15) is 0 Å². The van der Waals surface area contributed by atoms with E-state index in [9.17, 15) is 14.4 Å². The molecular formula is C21H26N2O4S. The maximum Gasteiger partial charge on any atom is 0.329 e. The first kappa shape index (κ1) is 20.3. The molecule has 1 amide bonds. The lowest BCUT2D eigenvalue weighted by Crippen LogP contribution is -2.45. The second-order valence-corrected chi connectivity index (χ2v) is 8.54. The van der Waals surface area contributed by atoms with E-state index in [0.29, 0.717) is 16.5 Å². The highest BCUT2D eigenvalue weighted by molar-refractivity contribution is 7.12. The zero-order valence-electron chi connectivity index (χ0n) is 16.7. The van der Waals surface area contributed by atoms with Crippen LogP contribution in [0.5, 0.6) is 0 Å². The Bertz CT molecular complexity index is 879. The average molecular weight is 403 g/mol. The number of rotatable bonds is 8. The molecule has 1 saturated carbocycles. The molecule has 2 aromatic heterocycles. The molecule has 1 aliphatic carbocycles. The summed E-state index contributed by atoms with van der Waals surface area (Å²) in [6.45, 7) is 7.24. The Kier molecular flexibility index (Phi) is 6.03. The van der Waals surface area contributed by atoms with Gasteiger partial charge in [-0.15, -0.1) is 11.3 Å². The third-order valence-corrected chi connectivity index (χ3v) is 5.86. The zero-order chi connectivity index (χ0) is 20.4. The highest BCUT2D eigenvalue weighted by Crippen LogP contribution is 2.38. The minimum Gasteiger partial charge on any atom is -0.456 e. The normalized spacial score (nSPS) is 14.8. The number of nitrogens with one attached hydrogen (secondary N) is 1. The van der Waals surface area contributed by atoms with Gasteiger partial charge in [0, 0.05) is 23.0 Å². The van der Waals surface area contributed by atoms with Gasteiger partial charge in [0.05, 0.1) is 4.88 Å². The van der Waals surface area contributed by atoms with Crippen molar-refractivity contribution >= 4 is 29.0 Å². The molecule has 0 unspecified atom stereocenters. The number of nitrogens with zero attached hydrogens (tertiary/aromatic N) is 1. The molecule has 150 valence electrons. The number of hydrogen-bond donors (Lipinski definition) is 1. The van der Waals surface area contributed by atoms with E-state index in [1.54, 1.807) is 17.5 Å². The summed E-state index contributed by atoms with van der Waals surface area (Å²) in [6, 6.07) is 5.02. The highest BCUT2D eigenvalue weighted by Gasteiger charge is 2.30. The molecule has 28 heavy (non-hydrogen) atoms. The lowest BCUT2D eigenvalue weighted by atomic mass is 10.0. The van der Waals surface area contributed by atoms with Crippen LogP contribution in [0.1, 0.15) is 64.1 Å². The largest absolute Gasteiger partial charge is 0.456 e. The summed E-state index contributed by atoms with van der Waals surface area (Å²) in [7, 11) is 0. The fourth-order valence-corrected chi connectivity index (χ4v) is 4.00. The maximum atomic E-state index is 12.6. The van der Waals surface area contributed by atoms with Crippen molar-refractivity contribution in [2.75, 3.05) is 6.61 Å². The van der Waals surface area contributed by atoms with Crippen molar-refractivity contribution in [1.82, 2.24) is 9.88 Å². The Morgan fingerprint density at radius 2 is 2.00 bits per heavy atom. The van der Waals surface area contributed by atoms with E-state index >= 15 is 0 Å². The summed E-state index contributed by atoms with van der Waals surface area (Å²) in [5.74, 6) is -1.29. The SMILES string of the molecule is Cc1cc(C(=O)COC(=O)[C@H](NC(=O)c2cccs2)C(C)C)c(C)n1C1CC1. The Balaban J connectivity index is 1.62. The molecule has 0 saturated heterocycles. The smallest absolute Gasteiger partial charge is 0.329 e. The van der Waals surface area contributed by atoms with Gasteiger partial charge in [0.15, 0.2) is 6.61 Å². The van der Waals surface area contributed by atoms with Gasteiger partial charge in [-0.05, 0) is 50.1 Å². The van der Waals surface area contributed by atoms with Gasteiger partial charge in [0.25, 0.3) is 5.91 Å². The van der Waals surface area contributed by atoms with E-state index in [0.717, 1.165) is 24.2 Å². The number of aromatic nitrogens is 1. The monoisotopic (exact) mass is 402 g/mol. The summed E-state index contributed by atoms with van der Waals surface area (Å²) in [5, 5.41) is 4.51. The van der Waals surface area contributed by atoms with Gasteiger partial charge >= 0.3 is 5.97 Å². The molecule has 3 rings (SSSR count). The average Bonchev–Trinajstić information content (AvgIpc) is 3.22. The number of amides is 1. The van der Waals surface area contributed by atoms with Gasteiger partial charge in [-0.1, -0.05) is 19.9 Å². The van der Waals surface area contributed by atoms with E-state index < -0.39 is 12.0 Å². The number of carbonyl (C=O) groups is 3. The van der Waals surface area contributed by atoms with Crippen LogP contribution in [0.15, 0.2) is 23.6 Å². The molecule has 6 nitrogen and oxygen atoms in total. The molecule has 1 N–H and O–H groups in total. The van der Waals surface area contributed by atoms with Crippen LogP contribution in [-0.2, 0) is 9.53 Å². The number of ketones is 1.